The molecule has 1 atom stereocenters. The van der Waals surface area contributed by atoms with E-state index in [1.807, 2.05) is 44.3 Å². The van der Waals surface area contributed by atoms with Crippen molar-refractivity contribution in [3.05, 3.63) is 35.9 Å². The van der Waals surface area contributed by atoms with Gasteiger partial charge in [0.25, 0.3) is 0 Å². The van der Waals surface area contributed by atoms with E-state index >= 15 is 0 Å². The van der Waals surface area contributed by atoms with E-state index in [0.717, 1.165) is 5.56 Å². The number of hydrogen-bond acceptors (Lipinski definition) is 2. The van der Waals surface area contributed by atoms with E-state index in [-0.39, 0.29) is 24.2 Å². The van der Waals surface area contributed by atoms with Crippen LogP contribution < -0.4 is 5.73 Å². The molecule has 0 fully saturated rings. The first-order chi connectivity index (χ1) is 7.15. The number of nitrogens with two attached hydrogens (primary N) is 1. The Morgan fingerprint density at radius 1 is 1.38 bits per heavy atom. The zero-order valence-electron chi connectivity index (χ0n) is 9.72. The van der Waals surface area contributed by atoms with Crippen molar-refractivity contribution < 1.29 is 4.79 Å². The summed E-state index contributed by atoms with van der Waals surface area (Å²) in [6.07, 6.45) is 0. The molecule has 0 saturated heterocycles. The zero-order chi connectivity index (χ0) is 11.3. The summed E-state index contributed by atoms with van der Waals surface area (Å²) < 4.78 is 0. The lowest BCUT2D eigenvalue weighted by Gasteiger charge is -2.20. The van der Waals surface area contributed by atoms with E-state index in [1.165, 1.54) is 0 Å². The van der Waals surface area contributed by atoms with Crippen LogP contribution in [-0.4, -0.2) is 24.4 Å². The van der Waals surface area contributed by atoms with E-state index < -0.39 is 0 Å². The fourth-order valence-electron chi connectivity index (χ4n) is 1.41. The maximum Gasteiger partial charge on any atom is 0.226 e. The van der Waals surface area contributed by atoms with Gasteiger partial charge in [0.05, 0.1) is 0 Å². The minimum atomic E-state index is -0.0984. The standard InChI is InChI=1S/C12H18N2O.ClH/c1-10(8-13)12(15)14(2)9-11-6-4-3-5-7-11;/h3-7,10H,8-9,13H2,1-2H3;1H. The topological polar surface area (TPSA) is 46.3 Å². The van der Waals surface area contributed by atoms with Crippen LogP contribution >= 0.6 is 12.4 Å². The molecule has 1 aromatic carbocycles. The van der Waals surface area contributed by atoms with Gasteiger partial charge in [0, 0.05) is 26.1 Å². The van der Waals surface area contributed by atoms with Crippen LogP contribution in [0.5, 0.6) is 0 Å². The van der Waals surface area contributed by atoms with Gasteiger partial charge in [-0.25, -0.2) is 0 Å². The molecule has 2 N–H and O–H groups in total. The molecule has 16 heavy (non-hydrogen) atoms. The van der Waals surface area contributed by atoms with Gasteiger partial charge in [0.2, 0.25) is 5.91 Å². The Morgan fingerprint density at radius 3 is 2.44 bits per heavy atom. The normalized spacial score (nSPS) is 11.4. The predicted octanol–water partition coefficient (Wildman–Crippen LogP) is 1.66. The summed E-state index contributed by atoms with van der Waals surface area (Å²) in [6, 6.07) is 9.93. The molecular weight excluding hydrogens is 224 g/mol. The second-order valence-corrected chi connectivity index (χ2v) is 3.82. The molecule has 1 amide bonds. The molecule has 0 aliphatic rings. The van der Waals surface area contributed by atoms with Crippen LogP contribution in [0.15, 0.2) is 30.3 Å². The number of carbonyl (C=O) groups excluding carboxylic acids is 1. The van der Waals surface area contributed by atoms with Crippen molar-refractivity contribution in [2.75, 3.05) is 13.6 Å². The molecule has 1 aromatic rings. The monoisotopic (exact) mass is 242 g/mol. The van der Waals surface area contributed by atoms with Crippen LogP contribution in [0.1, 0.15) is 12.5 Å². The fraction of sp³-hybridized carbons (Fsp3) is 0.417. The van der Waals surface area contributed by atoms with Crippen molar-refractivity contribution in [1.29, 1.82) is 0 Å². The number of amides is 1. The van der Waals surface area contributed by atoms with Crippen molar-refractivity contribution in [1.82, 2.24) is 4.90 Å². The lowest BCUT2D eigenvalue weighted by molar-refractivity contribution is -0.133. The first-order valence-corrected chi connectivity index (χ1v) is 5.14. The largest absolute Gasteiger partial charge is 0.341 e. The SMILES string of the molecule is CC(CN)C(=O)N(C)Cc1ccccc1.Cl. The maximum atomic E-state index is 11.7. The minimum Gasteiger partial charge on any atom is -0.341 e. The van der Waals surface area contributed by atoms with Gasteiger partial charge in [-0.2, -0.15) is 0 Å². The van der Waals surface area contributed by atoms with Gasteiger partial charge in [-0.15, -0.1) is 12.4 Å². The summed E-state index contributed by atoms with van der Waals surface area (Å²) in [7, 11) is 1.81. The van der Waals surface area contributed by atoms with E-state index in [4.69, 9.17) is 5.73 Å². The number of rotatable bonds is 4. The average Bonchev–Trinajstić information content (AvgIpc) is 2.28. The second kappa shape index (κ2) is 7.25. The average molecular weight is 243 g/mol. The molecule has 1 unspecified atom stereocenters. The van der Waals surface area contributed by atoms with Gasteiger partial charge < -0.3 is 10.6 Å². The molecule has 0 aromatic heterocycles. The molecule has 3 nitrogen and oxygen atoms in total. The lowest BCUT2D eigenvalue weighted by atomic mass is 10.1. The number of benzene rings is 1. The van der Waals surface area contributed by atoms with Crippen molar-refractivity contribution in [2.45, 2.75) is 13.5 Å². The first-order valence-electron chi connectivity index (χ1n) is 5.14. The second-order valence-electron chi connectivity index (χ2n) is 3.82. The molecule has 0 spiro atoms. The summed E-state index contributed by atoms with van der Waals surface area (Å²) in [5.41, 5.74) is 6.59. The molecule has 0 heterocycles. The zero-order valence-corrected chi connectivity index (χ0v) is 10.5. The molecule has 1 rings (SSSR count). The van der Waals surface area contributed by atoms with Crippen LogP contribution in [0, 0.1) is 5.92 Å². The van der Waals surface area contributed by atoms with Gasteiger partial charge in [0.1, 0.15) is 0 Å². The van der Waals surface area contributed by atoms with E-state index in [2.05, 4.69) is 0 Å². The van der Waals surface area contributed by atoms with Crippen molar-refractivity contribution in [3.8, 4) is 0 Å². The highest BCUT2D eigenvalue weighted by Crippen LogP contribution is 2.06. The third-order valence-electron chi connectivity index (χ3n) is 2.41. The summed E-state index contributed by atoms with van der Waals surface area (Å²) in [5.74, 6) is 0.0000605. The molecule has 4 heteroatoms. The number of nitrogens with zero attached hydrogens (tertiary/aromatic N) is 1. The highest BCUT2D eigenvalue weighted by Gasteiger charge is 2.15. The van der Waals surface area contributed by atoms with E-state index in [0.29, 0.717) is 13.1 Å². The molecule has 0 aliphatic carbocycles. The smallest absolute Gasteiger partial charge is 0.226 e. The van der Waals surface area contributed by atoms with Crippen LogP contribution in [0.2, 0.25) is 0 Å². The highest BCUT2D eigenvalue weighted by atomic mass is 35.5. The van der Waals surface area contributed by atoms with Crippen LogP contribution in [0.3, 0.4) is 0 Å². The highest BCUT2D eigenvalue weighted by molar-refractivity contribution is 5.85. The number of halogens is 1. The van der Waals surface area contributed by atoms with Gasteiger partial charge >= 0.3 is 0 Å². The molecule has 0 aliphatic heterocycles. The summed E-state index contributed by atoms with van der Waals surface area (Å²) in [6.45, 7) is 2.89. The predicted molar refractivity (Wildman–Crippen MR) is 68.4 cm³/mol. The van der Waals surface area contributed by atoms with Crippen molar-refractivity contribution >= 4 is 18.3 Å². The summed E-state index contributed by atoms with van der Waals surface area (Å²) in [4.78, 5) is 13.4. The number of hydrogen-bond donors (Lipinski definition) is 1. The Labute approximate surface area is 103 Å². The van der Waals surface area contributed by atoms with Crippen LogP contribution in [0.4, 0.5) is 0 Å². The van der Waals surface area contributed by atoms with E-state index in [1.54, 1.807) is 4.90 Å². The third kappa shape index (κ3) is 4.21. The Morgan fingerprint density at radius 2 is 1.94 bits per heavy atom. The van der Waals surface area contributed by atoms with Gasteiger partial charge in [0.15, 0.2) is 0 Å². The minimum absolute atomic E-state index is 0. The molecule has 0 saturated carbocycles. The van der Waals surface area contributed by atoms with E-state index in [9.17, 15) is 4.79 Å². The van der Waals surface area contributed by atoms with Crippen LogP contribution in [0.25, 0.3) is 0 Å². The van der Waals surface area contributed by atoms with Gasteiger partial charge in [-0.05, 0) is 5.56 Å². The van der Waals surface area contributed by atoms with Gasteiger partial charge in [-0.1, -0.05) is 37.3 Å². The third-order valence-corrected chi connectivity index (χ3v) is 2.41. The van der Waals surface area contributed by atoms with Crippen molar-refractivity contribution in [3.63, 3.8) is 0 Å². The Balaban J connectivity index is 0.00000225. The van der Waals surface area contributed by atoms with Gasteiger partial charge in [-0.3, -0.25) is 4.79 Å². The summed E-state index contributed by atoms with van der Waals surface area (Å²) >= 11 is 0. The summed E-state index contributed by atoms with van der Waals surface area (Å²) in [5, 5.41) is 0. The lowest BCUT2D eigenvalue weighted by Crippen LogP contribution is -2.34. The molecule has 0 radical (unpaired) electrons. The fourth-order valence-corrected chi connectivity index (χ4v) is 1.41. The first kappa shape index (κ1) is 14.9. The maximum absolute atomic E-state index is 11.7. The Bertz CT molecular complexity index is 316. The molecular formula is C12H19ClN2O. The van der Waals surface area contributed by atoms with Crippen molar-refractivity contribution in [2.24, 2.45) is 11.7 Å². The molecule has 90 valence electrons. The number of carbonyl (C=O) groups is 1. The van der Waals surface area contributed by atoms with Crippen LogP contribution in [-0.2, 0) is 11.3 Å². The Hall–Kier alpha value is -1.06. The Kier molecular flexibility index (Phi) is 6.77. The quantitative estimate of drug-likeness (QED) is 0.873. The molecule has 0 bridgehead atoms.